The third-order valence-electron chi connectivity index (χ3n) is 4.46. The van der Waals surface area contributed by atoms with Crippen LogP contribution in [0.1, 0.15) is 5.56 Å². The van der Waals surface area contributed by atoms with Crippen LogP contribution in [0.2, 0.25) is 5.02 Å². The first-order chi connectivity index (χ1) is 11.8. The lowest BCUT2D eigenvalue weighted by Crippen LogP contribution is -1.90. The summed E-state index contributed by atoms with van der Waals surface area (Å²) in [6.45, 7) is 1.03. The molecule has 2 aromatic heterocycles. The number of rotatable bonds is 2. The average Bonchev–Trinajstić information content (AvgIpc) is 3.30. The van der Waals surface area contributed by atoms with E-state index in [-0.39, 0.29) is 0 Å². The summed E-state index contributed by atoms with van der Waals surface area (Å²) in [4.78, 5) is 5.82. The minimum Gasteiger partial charge on any atom is -0.384 e. The Hall–Kier alpha value is -2.30. The maximum atomic E-state index is 6.00. The lowest BCUT2D eigenvalue weighted by atomic mass is 10.1. The number of halogens is 1. The highest BCUT2D eigenvalue weighted by Crippen LogP contribution is 2.32. The first-order valence-corrected chi connectivity index (χ1v) is 9.13. The molecule has 1 N–H and O–H groups in total. The van der Waals surface area contributed by atoms with E-state index in [4.69, 9.17) is 16.6 Å². The zero-order chi connectivity index (χ0) is 16.1. The largest absolute Gasteiger partial charge is 0.384 e. The quantitative estimate of drug-likeness (QED) is 0.527. The molecule has 0 aliphatic carbocycles. The van der Waals surface area contributed by atoms with Gasteiger partial charge < -0.3 is 5.32 Å². The number of nitrogens with one attached hydrogen (secondary N) is 1. The third-order valence-corrected chi connectivity index (χ3v) is 5.55. The van der Waals surface area contributed by atoms with Gasteiger partial charge in [0.1, 0.15) is 0 Å². The minimum atomic E-state index is 0.753. The van der Waals surface area contributed by atoms with Crippen molar-refractivity contribution in [1.29, 1.82) is 0 Å². The normalized spacial score (nSPS) is 13.2. The molecular formula is C19H14ClN3S. The van der Waals surface area contributed by atoms with Crippen molar-refractivity contribution in [2.45, 2.75) is 6.42 Å². The molecule has 5 rings (SSSR count). The summed E-state index contributed by atoms with van der Waals surface area (Å²) < 4.78 is 2.16. The molecule has 0 amide bonds. The predicted molar refractivity (Wildman–Crippen MR) is 101 cm³/mol. The Morgan fingerprint density at radius 3 is 2.79 bits per heavy atom. The van der Waals surface area contributed by atoms with E-state index in [9.17, 15) is 0 Å². The topological polar surface area (TPSA) is 29.3 Å². The number of hydrogen-bond acceptors (Lipinski definition) is 3. The summed E-state index contributed by atoms with van der Waals surface area (Å²) in [5.41, 5.74) is 7.12. The van der Waals surface area contributed by atoms with E-state index in [1.807, 2.05) is 24.3 Å². The predicted octanol–water partition coefficient (Wildman–Crippen LogP) is 5.35. The number of benzene rings is 2. The van der Waals surface area contributed by atoms with Gasteiger partial charge in [0, 0.05) is 34.4 Å². The first-order valence-electron chi connectivity index (χ1n) is 7.88. The molecule has 0 saturated carbocycles. The fourth-order valence-corrected chi connectivity index (χ4v) is 4.22. The molecular weight excluding hydrogens is 338 g/mol. The van der Waals surface area contributed by atoms with Gasteiger partial charge in [0.25, 0.3) is 0 Å². The highest BCUT2D eigenvalue weighted by molar-refractivity contribution is 7.15. The van der Waals surface area contributed by atoms with Gasteiger partial charge in [-0.15, -0.1) is 11.3 Å². The van der Waals surface area contributed by atoms with Gasteiger partial charge in [-0.05, 0) is 41.8 Å². The average molecular weight is 352 g/mol. The zero-order valence-electron chi connectivity index (χ0n) is 12.8. The van der Waals surface area contributed by atoms with Crippen molar-refractivity contribution in [2.24, 2.45) is 0 Å². The molecule has 1 aliphatic rings. The van der Waals surface area contributed by atoms with Gasteiger partial charge in [-0.25, -0.2) is 4.98 Å². The van der Waals surface area contributed by atoms with Crippen molar-refractivity contribution in [3.8, 4) is 22.5 Å². The van der Waals surface area contributed by atoms with Gasteiger partial charge in [-0.2, -0.15) is 0 Å². The molecule has 5 heteroatoms. The van der Waals surface area contributed by atoms with E-state index >= 15 is 0 Å². The summed E-state index contributed by atoms with van der Waals surface area (Å²) in [6.07, 6.45) is 3.21. The highest BCUT2D eigenvalue weighted by atomic mass is 35.5. The highest BCUT2D eigenvalue weighted by Gasteiger charge is 2.14. The summed E-state index contributed by atoms with van der Waals surface area (Å²) in [5.74, 6) is 0. The van der Waals surface area contributed by atoms with Crippen LogP contribution in [0.15, 0.2) is 54.0 Å². The van der Waals surface area contributed by atoms with Crippen LogP contribution in [-0.4, -0.2) is 15.9 Å². The van der Waals surface area contributed by atoms with Crippen molar-refractivity contribution < 1.29 is 0 Å². The number of hydrogen-bond donors (Lipinski definition) is 1. The van der Waals surface area contributed by atoms with E-state index in [0.29, 0.717) is 0 Å². The van der Waals surface area contributed by atoms with E-state index in [1.165, 1.54) is 16.8 Å². The molecule has 0 radical (unpaired) electrons. The molecule has 1 aliphatic heterocycles. The maximum absolute atomic E-state index is 6.00. The Labute approximate surface area is 148 Å². The van der Waals surface area contributed by atoms with Crippen LogP contribution in [0.3, 0.4) is 0 Å². The molecule has 0 saturated heterocycles. The van der Waals surface area contributed by atoms with Crippen LogP contribution < -0.4 is 5.32 Å². The molecule has 118 valence electrons. The zero-order valence-corrected chi connectivity index (χ0v) is 14.4. The van der Waals surface area contributed by atoms with E-state index in [0.717, 1.165) is 39.9 Å². The molecule has 4 aromatic rings. The summed E-state index contributed by atoms with van der Waals surface area (Å²) in [6, 6.07) is 14.5. The van der Waals surface area contributed by atoms with Crippen LogP contribution in [0, 0.1) is 0 Å². The summed E-state index contributed by atoms with van der Waals surface area (Å²) in [5, 5.41) is 6.30. The smallest absolute Gasteiger partial charge is 0.194 e. The van der Waals surface area contributed by atoms with Gasteiger partial charge in [0.2, 0.25) is 0 Å². The monoisotopic (exact) mass is 351 g/mol. The van der Waals surface area contributed by atoms with Gasteiger partial charge >= 0.3 is 0 Å². The molecule has 0 bridgehead atoms. The molecule has 0 unspecified atom stereocenters. The second-order valence-electron chi connectivity index (χ2n) is 5.96. The lowest BCUT2D eigenvalue weighted by Gasteiger charge is -2.02. The van der Waals surface area contributed by atoms with Crippen LogP contribution in [0.4, 0.5) is 5.69 Å². The van der Waals surface area contributed by atoms with Crippen molar-refractivity contribution in [3.63, 3.8) is 0 Å². The summed E-state index contributed by atoms with van der Waals surface area (Å²) in [7, 11) is 0. The lowest BCUT2D eigenvalue weighted by molar-refractivity contribution is 1.11. The first kappa shape index (κ1) is 14.1. The Morgan fingerprint density at radius 2 is 1.92 bits per heavy atom. The second-order valence-corrected chi connectivity index (χ2v) is 7.23. The van der Waals surface area contributed by atoms with Crippen LogP contribution in [-0.2, 0) is 6.42 Å². The number of thiazole rings is 1. The van der Waals surface area contributed by atoms with Crippen LogP contribution in [0.25, 0.3) is 27.5 Å². The molecule has 0 fully saturated rings. The third kappa shape index (κ3) is 2.22. The molecule has 0 atom stereocenters. The number of nitrogens with zero attached hydrogens (tertiary/aromatic N) is 2. The van der Waals surface area contributed by atoms with Gasteiger partial charge in [-0.3, -0.25) is 4.40 Å². The van der Waals surface area contributed by atoms with E-state index in [1.54, 1.807) is 11.3 Å². The Balaban J connectivity index is 1.60. The Morgan fingerprint density at radius 1 is 1.08 bits per heavy atom. The number of imidazole rings is 1. The van der Waals surface area contributed by atoms with E-state index < -0.39 is 0 Å². The maximum Gasteiger partial charge on any atom is 0.194 e. The fourth-order valence-electron chi connectivity index (χ4n) is 3.22. The van der Waals surface area contributed by atoms with Crippen LogP contribution in [0.5, 0.6) is 0 Å². The molecule has 2 aromatic carbocycles. The number of aromatic nitrogens is 2. The van der Waals surface area contributed by atoms with Crippen molar-refractivity contribution in [2.75, 3.05) is 11.9 Å². The second kappa shape index (κ2) is 5.36. The van der Waals surface area contributed by atoms with Crippen molar-refractivity contribution in [1.82, 2.24) is 9.38 Å². The van der Waals surface area contributed by atoms with E-state index in [2.05, 4.69) is 39.5 Å². The SMILES string of the molecule is Clc1ccc(-c2csc3nc(-c4ccc5c(c4)CCN5)cn23)cc1. The Kier molecular flexibility index (Phi) is 3.15. The van der Waals surface area contributed by atoms with Gasteiger partial charge in [-0.1, -0.05) is 29.8 Å². The molecule has 3 nitrogen and oxygen atoms in total. The van der Waals surface area contributed by atoms with Gasteiger partial charge in [0.05, 0.1) is 11.4 Å². The molecule has 0 spiro atoms. The molecule has 24 heavy (non-hydrogen) atoms. The number of anilines is 1. The standard InChI is InChI=1S/C19H14ClN3S/c20-15-4-1-12(2-5-15)18-11-24-19-22-17(10-23(18)19)13-3-6-16-14(9-13)7-8-21-16/h1-6,9-11,21H,7-8H2. The van der Waals surface area contributed by atoms with Gasteiger partial charge in [0.15, 0.2) is 4.96 Å². The minimum absolute atomic E-state index is 0.753. The van der Waals surface area contributed by atoms with Crippen molar-refractivity contribution in [3.05, 3.63) is 64.6 Å². The Bertz CT molecular complexity index is 1050. The fraction of sp³-hybridized carbons (Fsp3) is 0.105. The van der Waals surface area contributed by atoms with Crippen molar-refractivity contribution >= 4 is 33.6 Å². The molecule has 3 heterocycles. The number of fused-ring (bicyclic) bond motifs is 2. The summed E-state index contributed by atoms with van der Waals surface area (Å²) >= 11 is 7.66. The van der Waals surface area contributed by atoms with Crippen LogP contribution >= 0.6 is 22.9 Å².